The number of nitrogens with one attached hydrogen (secondary N) is 1. The van der Waals surface area contributed by atoms with E-state index >= 15 is 0 Å². The van der Waals surface area contributed by atoms with Crippen molar-refractivity contribution in [3.05, 3.63) is 59.7 Å². The number of amides is 1. The van der Waals surface area contributed by atoms with Crippen molar-refractivity contribution in [1.29, 1.82) is 0 Å². The van der Waals surface area contributed by atoms with Gasteiger partial charge in [-0.2, -0.15) is 5.10 Å². The van der Waals surface area contributed by atoms with Crippen LogP contribution >= 0.6 is 0 Å². The van der Waals surface area contributed by atoms with Crippen LogP contribution in [-0.2, 0) is 0 Å². The molecule has 0 radical (unpaired) electrons. The molecule has 138 valence electrons. The first-order valence-corrected chi connectivity index (χ1v) is 8.03. The third-order valence-corrected chi connectivity index (χ3v) is 3.99. The number of aromatic hydroxyl groups is 2. The molecule has 0 aliphatic heterocycles. The molecule has 27 heavy (non-hydrogen) atoms. The Labute approximate surface area is 155 Å². The molecule has 0 bridgehead atoms. The van der Waals surface area contributed by atoms with Gasteiger partial charge in [-0.15, -0.1) is 0 Å². The molecule has 3 N–H and O–H groups in total. The van der Waals surface area contributed by atoms with Crippen molar-refractivity contribution >= 4 is 22.9 Å². The summed E-state index contributed by atoms with van der Waals surface area (Å²) in [6.45, 7) is 0. The first kappa shape index (κ1) is 18.1. The average molecular weight is 366 g/mol. The highest BCUT2D eigenvalue weighted by molar-refractivity contribution is 6.01. The second-order valence-corrected chi connectivity index (χ2v) is 5.69. The van der Waals surface area contributed by atoms with E-state index in [2.05, 4.69) is 10.5 Å². The highest BCUT2D eigenvalue weighted by atomic mass is 16.5. The van der Waals surface area contributed by atoms with Gasteiger partial charge in [0.1, 0.15) is 5.75 Å². The minimum absolute atomic E-state index is 0.117. The third-order valence-electron chi connectivity index (χ3n) is 3.99. The first-order valence-electron chi connectivity index (χ1n) is 8.03. The smallest absolute Gasteiger partial charge is 0.275 e. The van der Waals surface area contributed by atoms with Crippen molar-refractivity contribution in [2.24, 2.45) is 5.10 Å². The van der Waals surface area contributed by atoms with Crippen LogP contribution in [0.5, 0.6) is 23.0 Å². The van der Waals surface area contributed by atoms with Crippen LogP contribution in [0.25, 0.3) is 10.8 Å². The summed E-state index contributed by atoms with van der Waals surface area (Å²) in [6, 6.07) is 13.6. The maximum Gasteiger partial charge on any atom is 0.275 e. The Bertz CT molecular complexity index is 1010. The Morgan fingerprint density at radius 1 is 1.00 bits per heavy atom. The standard InChI is InChI=1S/C20H18N2O5/c1-26-17-7-12(8-18(27-2)19(17)24)11-21-22-20(25)15-9-13-5-3-4-6-14(13)10-16(15)23/h3-11,23-24H,1-2H3,(H,22,25). The number of nitrogens with zero attached hydrogens (tertiary/aromatic N) is 1. The Morgan fingerprint density at radius 3 is 2.19 bits per heavy atom. The zero-order valence-corrected chi connectivity index (χ0v) is 14.8. The average Bonchev–Trinajstić information content (AvgIpc) is 2.68. The molecule has 0 unspecified atom stereocenters. The van der Waals surface area contributed by atoms with E-state index in [1.165, 1.54) is 26.5 Å². The molecule has 0 heterocycles. The van der Waals surface area contributed by atoms with Gasteiger partial charge in [0.25, 0.3) is 5.91 Å². The van der Waals surface area contributed by atoms with Gasteiger partial charge in [-0.25, -0.2) is 5.43 Å². The maximum atomic E-state index is 12.3. The fourth-order valence-electron chi connectivity index (χ4n) is 2.62. The minimum atomic E-state index is -0.549. The summed E-state index contributed by atoms with van der Waals surface area (Å²) in [5, 5.41) is 25.5. The number of hydrazone groups is 1. The van der Waals surface area contributed by atoms with Gasteiger partial charge in [0.05, 0.1) is 26.0 Å². The summed E-state index contributed by atoms with van der Waals surface area (Å²) in [7, 11) is 2.83. The molecule has 0 spiro atoms. The normalized spacial score (nSPS) is 10.9. The lowest BCUT2D eigenvalue weighted by atomic mass is 10.1. The Kier molecular flexibility index (Phi) is 5.12. The van der Waals surface area contributed by atoms with E-state index in [1.54, 1.807) is 18.2 Å². The number of benzene rings is 3. The number of phenolic OH excluding ortho intramolecular Hbond substituents is 2. The van der Waals surface area contributed by atoms with Crippen LogP contribution in [0.3, 0.4) is 0 Å². The van der Waals surface area contributed by atoms with Crippen molar-refractivity contribution in [2.75, 3.05) is 14.2 Å². The maximum absolute atomic E-state index is 12.3. The molecule has 3 aromatic carbocycles. The predicted octanol–water partition coefficient (Wildman–Crippen LogP) is 3.03. The number of carbonyl (C=O) groups excluding carboxylic acids is 1. The summed E-state index contributed by atoms with van der Waals surface area (Å²) in [5.41, 5.74) is 3.03. The van der Waals surface area contributed by atoms with Gasteiger partial charge in [0, 0.05) is 5.56 Å². The number of hydrogen-bond acceptors (Lipinski definition) is 6. The largest absolute Gasteiger partial charge is 0.507 e. The molecule has 0 atom stereocenters. The van der Waals surface area contributed by atoms with Crippen LogP contribution in [0, 0.1) is 0 Å². The molecule has 0 fully saturated rings. The Morgan fingerprint density at radius 2 is 1.59 bits per heavy atom. The van der Waals surface area contributed by atoms with E-state index in [0.29, 0.717) is 5.56 Å². The van der Waals surface area contributed by atoms with Gasteiger partial charge in [0.2, 0.25) is 5.75 Å². The van der Waals surface area contributed by atoms with E-state index < -0.39 is 5.91 Å². The lowest BCUT2D eigenvalue weighted by Gasteiger charge is -2.09. The first-order chi connectivity index (χ1) is 13.0. The highest BCUT2D eigenvalue weighted by Gasteiger charge is 2.13. The van der Waals surface area contributed by atoms with Crippen molar-refractivity contribution in [3.63, 3.8) is 0 Å². The molecule has 3 rings (SSSR count). The van der Waals surface area contributed by atoms with Gasteiger partial charge in [-0.3, -0.25) is 4.79 Å². The van der Waals surface area contributed by atoms with Crippen LogP contribution in [0.2, 0.25) is 0 Å². The number of hydrogen-bond donors (Lipinski definition) is 3. The second kappa shape index (κ2) is 7.65. The van der Waals surface area contributed by atoms with Gasteiger partial charge in [-0.05, 0) is 35.0 Å². The van der Waals surface area contributed by atoms with Gasteiger partial charge in [0.15, 0.2) is 11.5 Å². The molecular weight excluding hydrogens is 348 g/mol. The quantitative estimate of drug-likeness (QED) is 0.476. The van der Waals surface area contributed by atoms with Crippen molar-refractivity contribution in [1.82, 2.24) is 5.43 Å². The van der Waals surface area contributed by atoms with Crippen LogP contribution in [0.4, 0.5) is 0 Å². The SMILES string of the molecule is COc1cc(C=NNC(=O)c2cc3ccccc3cc2O)cc(OC)c1O. The number of methoxy groups -OCH3 is 2. The van der Waals surface area contributed by atoms with Crippen LogP contribution in [0.15, 0.2) is 53.6 Å². The third kappa shape index (κ3) is 3.77. The summed E-state index contributed by atoms with van der Waals surface area (Å²) >= 11 is 0. The van der Waals surface area contributed by atoms with E-state index in [-0.39, 0.29) is 28.6 Å². The summed E-state index contributed by atoms with van der Waals surface area (Å²) in [5.74, 6) is -0.368. The van der Waals surface area contributed by atoms with E-state index in [1.807, 2.05) is 24.3 Å². The molecule has 0 saturated heterocycles. The summed E-state index contributed by atoms with van der Waals surface area (Å²) in [4.78, 5) is 12.3. The number of rotatable bonds is 5. The molecule has 0 aromatic heterocycles. The number of fused-ring (bicyclic) bond motifs is 1. The molecule has 1 amide bonds. The molecule has 3 aromatic rings. The second-order valence-electron chi connectivity index (χ2n) is 5.69. The highest BCUT2D eigenvalue weighted by Crippen LogP contribution is 2.36. The minimum Gasteiger partial charge on any atom is -0.507 e. The van der Waals surface area contributed by atoms with Gasteiger partial charge < -0.3 is 19.7 Å². The fraction of sp³-hybridized carbons (Fsp3) is 0.100. The molecule has 0 aliphatic carbocycles. The summed E-state index contributed by atoms with van der Waals surface area (Å²) in [6.07, 6.45) is 1.38. The fourth-order valence-corrected chi connectivity index (χ4v) is 2.62. The Hall–Kier alpha value is -3.74. The molecule has 7 nitrogen and oxygen atoms in total. The zero-order valence-electron chi connectivity index (χ0n) is 14.8. The van der Waals surface area contributed by atoms with Gasteiger partial charge in [-0.1, -0.05) is 24.3 Å². The van der Waals surface area contributed by atoms with E-state index in [4.69, 9.17) is 9.47 Å². The topological polar surface area (TPSA) is 100 Å². The van der Waals surface area contributed by atoms with Crippen LogP contribution in [0.1, 0.15) is 15.9 Å². The van der Waals surface area contributed by atoms with E-state index in [0.717, 1.165) is 10.8 Å². The Balaban J connectivity index is 1.80. The van der Waals surface area contributed by atoms with Crippen molar-refractivity contribution in [3.8, 4) is 23.0 Å². The predicted molar refractivity (Wildman–Crippen MR) is 102 cm³/mol. The monoisotopic (exact) mass is 366 g/mol. The number of phenols is 2. The molecule has 7 heteroatoms. The van der Waals surface area contributed by atoms with Gasteiger partial charge >= 0.3 is 0 Å². The van der Waals surface area contributed by atoms with Crippen LogP contribution in [-0.4, -0.2) is 36.6 Å². The molecule has 0 aliphatic rings. The van der Waals surface area contributed by atoms with Crippen molar-refractivity contribution in [2.45, 2.75) is 0 Å². The zero-order chi connectivity index (χ0) is 19.4. The van der Waals surface area contributed by atoms with Crippen molar-refractivity contribution < 1.29 is 24.5 Å². The number of ether oxygens (including phenoxy) is 2. The summed E-state index contributed by atoms with van der Waals surface area (Å²) < 4.78 is 10.1. The lowest BCUT2D eigenvalue weighted by Crippen LogP contribution is -2.17. The van der Waals surface area contributed by atoms with Crippen LogP contribution < -0.4 is 14.9 Å². The lowest BCUT2D eigenvalue weighted by molar-refractivity contribution is 0.0952. The molecule has 0 saturated carbocycles. The molecular formula is C20H18N2O5. The number of carbonyl (C=O) groups is 1. The van der Waals surface area contributed by atoms with E-state index in [9.17, 15) is 15.0 Å².